The predicted molar refractivity (Wildman–Crippen MR) is 227 cm³/mol. The molecule has 1 aliphatic rings. The van der Waals surface area contributed by atoms with Gasteiger partial charge in [0.1, 0.15) is 27.1 Å². The van der Waals surface area contributed by atoms with Crippen molar-refractivity contribution in [3.63, 3.8) is 0 Å². The largest absolute Gasteiger partial charge is 0.483 e. The number of hydrogen-bond acceptors (Lipinski definition) is 9. The molecule has 0 radical (unpaired) electrons. The molecule has 15 heteroatoms. The molecule has 2 aromatic heterocycles. The summed E-state index contributed by atoms with van der Waals surface area (Å²) >= 11 is 2.42. The van der Waals surface area contributed by atoms with E-state index in [9.17, 15) is 37.9 Å². The number of benzene rings is 4. The Balaban J connectivity index is 0.000000203. The van der Waals surface area contributed by atoms with Crippen LogP contribution < -0.4 is 20.1 Å². The van der Waals surface area contributed by atoms with E-state index >= 15 is 0 Å². The molecule has 2 amide bonds. The number of aliphatic carboxylic acids is 1. The van der Waals surface area contributed by atoms with Gasteiger partial charge in [-0.2, -0.15) is 0 Å². The fourth-order valence-electron chi connectivity index (χ4n) is 6.76. The first-order valence-corrected chi connectivity index (χ1v) is 21.0. The first-order chi connectivity index (χ1) is 28.9. The number of amides is 2. The number of hydrogen-bond donors (Lipinski definition) is 4. The van der Waals surface area contributed by atoms with Gasteiger partial charge in [0, 0.05) is 32.3 Å². The third kappa shape index (κ3) is 10.5. The van der Waals surface area contributed by atoms with Crippen molar-refractivity contribution < 1.29 is 52.4 Å². The fraction of sp³-hybridized carbons (Fsp3) is 0.267. The van der Waals surface area contributed by atoms with Gasteiger partial charge >= 0.3 is 11.9 Å². The van der Waals surface area contributed by atoms with Gasteiger partial charge in [-0.05, 0) is 73.7 Å². The Morgan fingerprint density at radius 3 is 1.88 bits per heavy atom. The van der Waals surface area contributed by atoms with Crippen molar-refractivity contribution in [2.24, 2.45) is 5.92 Å². The van der Waals surface area contributed by atoms with Gasteiger partial charge in [0.25, 0.3) is 11.8 Å². The van der Waals surface area contributed by atoms with Crippen LogP contribution in [0.4, 0.5) is 14.5 Å². The minimum Gasteiger partial charge on any atom is -0.483 e. The molecule has 0 aliphatic heterocycles. The van der Waals surface area contributed by atoms with Crippen LogP contribution in [0.2, 0.25) is 0 Å². The topological polar surface area (TPSA) is 168 Å². The van der Waals surface area contributed by atoms with Crippen molar-refractivity contribution in [1.29, 1.82) is 0 Å². The van der Waals surface area contributed by atoms with Gasteiger partial charge in [-0.15, -0.1) is 22.7 Å². The zero-order valence-electron chi connectivity index (χ0n) is 32.5. The van der Waals surface area contributed by atoms with Gasteiger partial charge in [0.15, 0.2) is 30.0 Å². The van der Waals surface area contributed by atoms with Crippen LogP contribution in [-0.2, 0) is 4.79 Å². The van der Waals surface area contributed by atoms with E-state index < -0.39 is 41.3 Å². The van der Waals surface area contributed by atoms with Crippen LogP contribution >= 0.6 is 22.7 Å². The van der Waals surface area contributed by atoms with E-state index in [1.807, 2.05) is 31.2 Å². The standard InChI is InChI=1S/C25H25NO5S.C20H17F2NO4S/c27-20(17-10-12-18(13-11-17)25(29)30)15-31-22-19-8-4-5-9-21(19)32-23(22)24(28)26-14-16-6-2-1-3-7-16;1-2-6-14(20(25)26)27-17-11-7-3-4-10-15(11)28-18(17)19(24)23-16-12(21)8-5-9-13(16)22/h4-5,8-13,16H,1-3,6-7,14-15H2,(H,26,28)(H,29,30);3-5,7-10,14H,2,6H2,1H3,(H,23,24)(H,25,26). The van der Waals surface area contributed by atoms with Gasteiger partial charge in [-0.3, -0.25) is 14.4 Å². The Labute approximate surface area is 352 Å². The van der Waals surface area contributed by atoms with E-state index in [4.69, 9.17) is 14.6 Å². The van der Waals surface area contributed by atoms with Gasteiger partial charge in [0.2, 0.25) is 0 Å². The summed E-state index contributed by atoms with van der Waals surface area (Å²) in [6, 6.07) is 23.5. The summed E-state index contributed by atoms with van der Waals surface area (Å²) in [6.45, 7) is 2.23. The summed E-state index contributed by atoms with van der Waals surface area (Å²) in [5.41, 5.74) is -0.0969. The molecule has 0 spiro atoms. The number of carboxylic acids is 2. The van der Waals surface area contributed by atoms with Crippen LogP contribution in [-0.4, -0.2) is 59.0 Å². The Kier molecular flexibility index (Phi) is 14.6. The highest BCUT2D eigenvalue weighted by Gasteiger charge is 2.27. The molecule has 60 heavy (non-hydrogen) atoms. The number of nitrogens with one attached hydrogen (secondary N) is 2. The highest BCUT2D eigenvalue weighted by Crippen LogP contribution is 2.40. The molecule has 0 bridgehead atoms. The predicted octanol–water partition coefficient (Wildman–Crippen LogP) is 10.2. The molecule has 2 heterocycles. The van der Waals surface area contributed by atoms with E-state index in [0.29, 0.717) is 45.2 Å². The quantitative estimate of drug-likeness (QED) is 0.0735. The van der Waals surface area contributed by atoms with Crippen molar-refractivity contribution in [2.45, 2.75) is 58.0 Å². The number of carbonyl (C=O) groups is 5. The number of Topliss-reactive ketones (excluding diaryl/α,β-unsaturated/α-hetero) is 1. The Morgan fingerprint density at radius 1 is 0.733 bits per heavy atom. The summed E-state index contributed by atoms with van der Waals surface area (Å²) in [4.78, 5) is 61.3. The van der Waals surface area contributed by atoms with E-state index in [-0.39, 0.29) is 40.9 Å². The minimum atomic E-state index is -1.15. The molecular formula is C45H42F2N2O9S2. The molecule has 6 aromatic rings. The van der Waals surface area contributed by atoms with Crippen LogP contribution in [0.15, 0.2) is 91.0 Å². The molecule has 1 saturated carbocycles. The molecule has 7 rings (SSSR count). The molecule has 1 atom stereocenters. The third-order valence-corrected chi connectivity index (χ3v) is 12.2. The number of thiophene rings is 2. The molecule has 312 valence electrons. The SMILES string of the molecule is CCCC(Oc1c(C(=O)Nc2c(F)cccc2F)sc2ccccc12)C(=O)O.O=C(O)c1ccc(C(=O)COc2c(C(=O)NCC3CCCCC3)sc3ccccc23)cc1. The summed E-state index contributed by atoms with van der Waals surface area (Å²) in [5, 5.41) is 25.0. The summed E-state index contributed by atoms with van der Waals surface area (Å²) in [5.74, 6) is -4.23. The number of ether oxygens (including phenoxy) is 2. The number of rotatable bonds is 15. The van der Waals surface area contributed by atoms with Crippen LogP contribution in [0, 0.1) is 17.6 Å². The lowest BCUT2D eigenvalue weighted by molar-refractivity contribution is -0.145. The molecule has 1 fully saturated rings. The van der Waals surface area contributed by atoms with Gasteiger partial charge < -0.3 is 30.3 Å². The Bertz CT molecular complexity index is 2490. The molecule has 4 aromatic carbocycles. The van der Waals surface area contributed by atoms with Crippen LogP contribution in [0.5, 0.6) is 11.5 Å². The lowest BCUT2D eigenvalue weighted by Crippen LogP contribution is -2.30. The van der Waals surface area contributed by atoms with Crippen molar-refractivity contribution >= 4 is 78.1 Å². The van der Waals surface area contributed by atoms with Gasteiger partial charge in [-0.1, -0.05) is 75.1 Å². The zero-order chi connectivity index (χ0) is 42.8. The van der Waals surface area contributed by atoms with Crippen molar-refractivity contribution in [1.82, 2.24) is 5.32 Å². The molecule has 4 N–H and O–H groups in total. The van der Waals surface area contributed by atoms with Crippen LogP contribution in [0.25, 0.3) is 20.2 Å². The average Bonchev–Trinajstić information content (AvgIpc) is 3.82. The summed E-state index contributed by atoms with van der Waals surface area (Å²) in [7, 11) is 0. The first kappa shape index (κ1) is 43.4. The molecule has 1 unspecified atom stereocenters. The zero-order valence-corrected chi connectivity index (χ0v) is 34.1. The Hall–Kier alpha value is -6.19. The molecule has 0 saturated heterocycles. The van der Waals surface area contributed by atoms with Gasteiger partial charge in [-0.25, -0.2) is 18.4 Å². The summed E-state index contributed by atoms with van der Waals surface area (Å²) < 4.78 is 41.0. The normalized spacial score (nSPS) is 13.2. The fourth-order valence-corrected chi connectivity index (χ4v) is 8.85. The van der Waals surface area contributed by atoms with E-state index in [0.717, 1.165) is 46.4 Å². The number of fused-ring (bicyclic) bond motifs is 2. The second-order valence-electron chi connectivity index (χ2n) is 14.1. The summed E-state index contributed by atoms with van der Waals surface area (Å²) in [6.07, 6.45) is 5.67. The van der Waals surface area contributed by atoms with Crippen molar-refractivity contribution in [3.05, 3.63) is 124 Å². The van der Waals surface area contributed by atoms with E-state index in [1.165, 1.54) is 60.9 Å². The third-order valence-electron chi connectivity index (χ3n) is 9.88. The number of aromatic carboxylic acids is 1. The number of para-hydroxylation sites is 1. The van der Waals surface area contributed by atoms with E-state index in [2.05, 4.69) is 10.6 Å². The average molecular weight is 857 g/mol. The smallest absolute Gasteiger partial charge is 0.344 e. The maximum absolute atomic E-state index is 13.9. The minimum absolute atomic E-state index is 0.0474. The number of carboxylic acid groups (broad SMARTS) is 2. The maximum atomic E-state index is 13.9. The number of halogens is 2. The Morgan fingerprint density at radius 2 is 1.30 bits per heavy atom. The number of carbonyl (C=O) groups excluding carboxylic acids is 3. The van der Waals surface area contributed by atoms with Crippen LogP contribution in [0.1, 0.15) is 91.9 Å². The van der Waals surface area contributed by atoms with E-state index in [1.54, 1.807) is 24.3 Å². The lowest BCUT2D eigenvalue weighted by atomic mass is 9.89. The number of anilines is 1. The molecular weight excluding hydrogens is 815 g/mol. The van der Waals surface area contributed by atoms with Crippen LogP contribution in [0.3, 0.4) is 0 Å². The second-order valence-corrected chi connectivity index (χ2v) is 16.2. The monoisotopic (exact) mass is 856 g/mol. The van der Waals surface area contributed by atoms with Crippen molar-refractivity contribution in [3.8, 4) is 11.5 Å². The lowest BCUT2D eigenvalue weighted by Gasteiger charge is -2.21. The molecule has 11 nitrogen and oxygen atoms in total. The second kappa shape index (κ2) is 20.2. The maximum Gasteiger partial charge on any atom is 0.344 e. The number of ketones is 1. The van der Waals surface area contributed by atoms with Crippen molar-refractivity contribution in [2.75, 3.05) is 18.5 Å². The molecule has 1 aliphatic carbocycles. The highest BCUT2D eigenvalue weighted by molar-refractivity contribution is 7.21. The highest BCUT2D eigenvalue weighted by atomic mass is 32.1. The first-order valence-electron chi connectivity index (χ1n) is 19.4. The van der Waals surface area contributed by atoms with Gasteiger partial charge in [0.05, 0.1) is 5.56 Å².